The zero-order chi connectivity index (χ0) is 14.4. The first-order valence-corrected chi connectivity index (χ1v) is 7.79. The minimum Gasteiger partial charge on any atom is -0.493 e. The molecule has 0 bridgehead atoms. The molecule has 0 fully saturated rings. The third kappa shape index (κ3) is 4.12. The van der Waals surface area contributed by atoms with E-state index in [1.54, 1.807) is 13.3 Å². The number of hydrazine groups is 1. The van der Waals surface area contributed by atoms with Gasteiger partial charge in [0.05, 0.1) is 25.0 Å². The third-order valence-corrected chi connectivity index (χ3v) is 4.59. The maximum absolute atomic E-state index is 5.72. The van der Waals surface area contributed by atoms with Crippen molar-refractivity contribution >= 4 is 11.8 Å². The summed E-state index contributed by atoms with van der Waals surface area (Å²) in [4.78, 5) is 0. The van der Waals surface area contributed by atoms with Gasteiger partial charge in [0.2, 0.25) is 0 Å². The van der Waals surface area contributed by atoms with Gasteiger partial charge in [-0.25, -0.2) is 0 Å². The second-order valence-corrected chi connectivity index (χ2v) is 6.38. The Morgan fingerprint density at radius 3 is 2.63 bits per heavy atom. The fraction of sp³-hybridized carbons (Fsp3) is 0.769. The van der Waals surface area contributed by atoms with Crippen LogP contribution in [-0.4, -0.2) is 27.9 Å². The normalized spacial score (nSPS) is 14.7. The number of hydrogen-bond acceptors (Lipinski definition) is 5. The molecular weight excluding hydrogens is 260 g/mol. The molecule has 1 rings (SSSR count). The average Bonchev–Trinajstić information content (AvgIpc) is 2.83. The van der Waals surface area contributed by atoms with Crippen molar-refractivity contribution in [2.45, 2.75) is 51.4 Å². The van der Waals surface area contributed by atoms with Gasteiger partial charge in [-0.15, -0.1) is 0 Å². The monoisotopic (exact) mass is 286 g/mol. The summed E-state index contributed by atoms with van der Waals surface area (Å²) in [6.45, 7) is 8.63. The third-order valence-electron chi connectivity index (χ3n) is 3.16. The summed E-state index contributed by atoms with van der Waals surface area (Å²) in [5, 5.41) is 5.01. The molecule has 5 nitrogen and oxygen atoms in total. The van der Waals surface area contributed by atoms with E-state index in [2.05, 4.69) is 38.2 Å². The number of methoxy groups -OCH3 is 1. The van der Waals surface area contributed by atoms with Gasteiger partial charge in [0.25, 0.3) is 0 Å². The minimum absolute atomic E-state index is 0.0406. The van der Waals surface area contributed by atoms with E-state index in [-0.39, 0.29) is 12.1 Å². The Kier molecular flexibility index (Phi) is 6.68. The van der Waals surface area contributed by atoms with Crippen LogP contribution in [0.5, 0.6) is 5.75 Å². The number of rotatable bonds is 8. The molecule has 2 atom stereocenters. The molecule has 0 aliphatic heterocycles. The molecule has 6 heteroatoms. The summed E-state index contributed by atoms with van der Waals surface area (Å²) in [5.41, 5.74) is 3.92. The number of aromatic nitrogens is 2. The van der Waals surface area contributed by atoms with Gasteiger partial charge >= 0.3 is 0 Å². The molecule has 1 aromatic heterocycles. The quantitative estimate of drug-likeness (QED) is 0.568. The molecule has 3 N–H and O–H groups in total. The smallest absolute Gasteiger partial charge is 0.161 e. The van der Waals surface area contributed by atoms with Crippen LogP contribution < -0.4 is 16.0 Å². The summed E-state index contributed by atoms with van der Waals surface area (Å²) in [6, 6.07) is 0.321. The molecule has 0 aliphatic rings. The van der Waals surface area contributed by atoms with Crippen molar-refractivity contribution in [2.75, 3.05) is 12.9 Å². The number of nitrogens with zero attached hydrogens (tertiary/aromatic N) is 2. The van der Waals surface area contributed by atoms with Crippen LogP contribution in [0.1, 0.15) is 51.9 Å². The van der Waals surface area contributed by atoms with Gasteiger partial charge in [0.1, 0.15) is 0 Å². The molecule has 0 radical (unpaired) electrons. The van der Waals surface area contributed by atoms with Crippen molar-refractivity contribution in [2.24, 2.45) is 5.84 Å². The highest BCUT2D eigenvalue weighted by Gasteiger charge is 2.23. The predicted molar refractivity (Wildman–Crippen MR) is 81.4 cm³/mol. The Bertz CT molecular complexity index is 381. The second kappa shape index (κ2) is 7.77. The van der Waals surface area contributed by atoms with E-state index >= 15 is 0 Å². The largest absolute Gasteiger partial charge is 0.493 e. The second-order valence-electron chi connectivity index (χ2n) is 4.91. The van der Waals surface area contributed by atoms with Crippen molar-refractivity contribution in [1.29, 1.82) is 0 Å². The molecule has 19 heavy (non-hydrogen) atoms. The van der Waals surface area contributed by atoms with Crippen molar-refractivity contribution < 1.29 is 4.74 Å². The van der Waals surface area contributed by atoms with Gasteiger partial charge in [-0.2, -0.15) is 16.9 Å². The van der Waals surface area contributed by atoms with E-state index in [9.17, 15) is 0 Å². The molecule has 0 amide bonds. The number of hydrogen-bond donors (Lipinski definition) is 2. The lowest BCUT2D eigenvalue weighted by atomic mass is 10.2. The Morgan fingerprint density at radius 2 is 2.16 bits per heavy atom. The molecule has 0 aromatic carbocycles. The molecule has 1 aromatic rings. The van der Waals surface area contributed by atoms with Crippen LogP contribution in [0.25, 0.3) is 0 Å². The Morgan fingerprint density at radius 1 is 1.47 bits per heavy atom. The van der Waals surface area contributed by atoms with Crippen molar-refractivity contribution in [1.82, 2.24) is 15.2 Å². The standard InChI is InChI=1S/C13H26N4OS/c1-6-10(4)19-8-11(16-14)13-12(18-5)7-15-17(13)9(2)3/h7,9-11,16H,6,8,14H2,1-5H3. The molecule has 0 saturated heterocycles. The van der Waals surface area contributed by atoms with Gasteiger partial charge in [0, 0.05) is 17.0 Å². The topological polar surface area (TPSA) is 65.1 Å². The molecule has 0 aliphatic carbocycles. The molecule has 1 heterocycles. The van der Waals surface area contributed by atoms with Gasteiger partial charge in [-0.05, 0) is 20.3 Å². The average molecular weight is 286 g/mol. The van der Waals surface area contributed by atoms with Crippen molar-refractivity contribution in [3.63, 3.8) is 0 Å². The van der Waals surface area contributed by atoms with E-state index in [1.807, 2.05) is 16.4 Å². The Balaban J connectivity index is 2.92. The number of nitrogens with two attached hydrogens (primary N) is 1. The summed E-state index contributed by atoms with van der Waals surface area (Å²) in [6.07, 6.45) is 2.91. The first-order valence-electron chi connectivity index (χ1n) is 6.74. The zero-order valence-electron chi connectivity index (χ0n) is 12.5. The SMILES string of the molecule is CCC(C)SCC(NN)c1c(OC)cnn1C(C)C. The van der Waals surface area contributed by atoms with E-state index in [4.69, 9.17) is 10.6 Å². The van der Waals surface area contributed by atoms with Gasteiger partial charge in [-0.3, -0.25) is 16.0 Å². The van der Waals surface area contributed by atoms with E-state index in [1.165, 1.54) is 0 Å². The molecule has 110 valence electrons. The van der Waals surface area contributed by atoms with E-state index in [0.717, 1.165) is 23.6 Å². The van der Waals surface area contributed by atoms with Crippen LogP contribution in [0.15, 0.2) is 6.20 Å². The molecule has 2 unspecified atom stereocenters. The van der Waals surface area contributed by atoms with E-state index in [0.29, 0.717) is 5.25 Å². The van der Waals surface area contributed by atoms with E-state index < -0.39 is 0 Å². The Labute approximate surface area is 120 Å². The lowest BCUT2D eigenvalue weighted by molar-refractivity contribution is 0.391. The number of thioether (sulfide) groups is 1. The fourth-order valence-corrected chi connectivity index (χ4v) is 2.85. The van der Waals surface area contributed by atoms with Crippen LogP contribution in [0.3, 0.4) is 0 Å². The Hall–Kier alpha value is -0.720. The lowest BCUT2D eigenvalue weighted by Gasteiger charge is -2.21. The van der Waals surface area contributed by atoms with Crippen molar-refractivity contribution in [3.05, 3.63) is 11.9 Å². The highest BCUT2D eigenvalue weighted by Crippen LogP contribution is 2.30. The van der Waals surface area contributed by atoms with Crippen LogP contribution >= 0.6 is 11.8 Å². The molecule has 0 spiro atoms. The summed E-state index contributed by atoms with van der Waals surface area (Å²) in [7, 11) is 1.67. The van der Waals surface area contributed by atoms with Gasteiger partial charge in [0.15, 0.2) is 5.75 Å². The number of ether oxygens (including phenoxy) is 1. The molecule has 0 saturated carbocycles. The first-order chi connectivity index (χ1) is 9.04. The summed E-state index contributed by atoms with van der Waals surface area (Å²) in [5.74, 6) is 7.42. The summed E-state index contributed by atoms with van der Waals surface area (Å²) < 4.78 is 7.38. The fourth-order valence-electron chi connectivity index (χ4n) is 1.84. The highest BCUT2D eigenvalue weighted by atomic mass is 32.2. The minimum atomic E-state index is 0.0406. The van der Waals surface area contributed by atoms with Crippen LogP contribution in [0.2, 0.25) is 0 Å². The number of nitrogens with one attached hydrogen (secondary N) is 1. The highest BCUT2D eigenvalue weighted by molar-refractivity contribution is 7.99. The first kappa shape index (κ1) is 16.3. The van der Waals surface area contributed by atoms with Gasteiger partial charge in [-0.1, -0.05) is 13.8 Å². The van der Waals surface area contributed by atoms with Crippen LogP contribution in [0, 0.1) is 0 Å². The summed E-state index contributed by atoms with van der Waals surface area (Å²) >= 11 is 1.91. The molecular formula is C13H26N4OS. The maximum Gasteiger partial charge on any atom is 0.161 e. The van der Waals surface area contributed by atoms with Gasteiger partial charge < -0.3 is 4.74 Å². The van der Waals surface area contributed by atoms with Crippen LogP contribution in [0.4, 0.5) is 0 Å². The zero-order valence-corrected chi connectivity index (χ0v) is 13.3. The van der Waals surface area contributed by atoms with Crippen molar-refractivity contribution in [3.8, 4) is 5.75 Å². The predicted octanol–water partition coefficient (Wildman–Crippen LogP) is 2.51. The lowest BCUT2D eigenvalue weighted by Crippen LogP contribution is -2.32. The maximum atomic E-state index is 5.72. The van der Waals surface area contributed by atoms with Crippen LogP contribution in [-0.2, 0) is 0 Å².